The fourth-order valence-electron chi connectivity index (χ4n) is 1.56. The number of ether oxygens (including phenoxy) is 1. The van der Waals surface area contributed by atoms with E-state index in [4.69, 9.17) is 4.74 Å². The Morgan fingerprint density at radius 3 is 2.40 bits per heavy atom. The van der Waals surface area contributed by atoms with E-state index in [0.717, 1.165) is 5.56 Å². The van der Waals surface area contributed by atoms with E-state index in [1.165, 1.54) is 16.2 Å². The Morgan fingerprint density at radius 1 is 1.25 bits per heavy atom. The third-order valence-electron chi connectivity index (χ3n) is 2.41. The molecule has 0 saturated heterocycles. The fraction of sp³-hybridized carbons (Fsp3) is 0.357. The van der Waals surface area contributed by atoms with Gasteiger partial charge in [0.05, 0.1) is 5.69 Å². The van der Waals surface area contributed by atoms with Gasteiger partial charge in [0, 0.05) is 0 Å². The van der Waals surface area contributed by atoms with Crippen molar-refractivity contribution in [1.29, 1.82) is 0 Å². The molecule has 0 spiro atoms. The zero-order chi connectivity index (χ0) is 14.8. The average molecular weight is 291 g/mol. The Bertz CT molecular complexity index is 573. The number of benzene rings is 1. The molecular formula is C14H17N3O2S. The van der Waals surface area contributed by atoms with Crippen molar-refractivity contribution in [1.82, 2.24) is 10.2 Å². The normalized spacial score (nSPS) is 11.2. The standard InChI is InChI=1S/C14H17N3O2S/c1-10-5-7-11(8-6-10)17(12-16-15-9-20-12)13(18)19-14(2,3)4/h5-9H,1-4H3. The van der Waals surface area contributed by atoms with Crippen LogP contribution in [0.15, 0.2) is 29.8 Å². The van der Waals surface area contributed by atoms with Gasteiger partial charge in [0.1, 0.15) is 11.1 Å². The zero-order valence-corrected chi connectivity index (χ0v) is 12.8. The summed E-state index contributed by atoms with van der Waals surface area (Å²) in [7, 11) is 0. The van der Waals surface area contributed by atoms with Gasteiger partial charge in [-0.25, -0.2) is 9.69 Å². The molecule has 5 nitrogen and oxygen atoms in total. The van der Waals surface area contributed by atoms with Crippen LogP contribution in [-0.4, -0.2) is 21.9 Å². The summed E-state index contributed by atoms with van der Waals surface area (Å²) in [5.74, 6) is 0. The molecule has 6 heteroatoms. The maximum Gasteiger partial charge on any atom is 0.421 e. The molecule has 0 atom stereocenters. The summed E-state index contributed by atoms with van der Waals surface area (Å²) in [6.45, 7) is 7.49. The quantitative estimate of drug-likeness (QED) is 0.841. The molecule has 1 heterocycles. The molecule has 2 rings (SSSR count). The lowest BCUT2D eigenvalue weighted by Gasteiger charge is -2.25. The number of rotatable bonds is 2. The predicted molar refractivity (Wildman–Crippen MR) is 79.5 cm³/mol. The number of hydrogen-bond acceptors (Lipinski definition) is 5. The van der Waals surface area contributed by atoms with E-state index < -0.39 is 11.7 Å². The molecular weight excluding hydrogens is 274 g/mol. The molecule has 0 aliphatic carbocycles. The van der Waals surface area contributed by atoms with Gasteiger partial charge in [0.25, 0.3) is 0 Å². The minimum Gasteiger partial charge on any atom is -0.443 e. The highest BCUT2D eigenvalue weighted by molar-refractivity contribution is 7.13. The van der Waals surface area contributed by atoms with Crippen LogP contribution in [0.25, 0.3) is 0 Å². The molecule has 106 valence electrons. The third kappa shape index (κ3) is 3.54. The van der Waals surface area contributed by atoms with Crippen LogP contribution in [0.5, 0.6) is 0 Å². The van der Waals surface area contributed by atoms with Crippen LogP contribution in [0.4, 0.5) is 15.6 Å². The number of carbonyl (C=O) groups is 1. The number of amides is 1. The highest BCUT2D eigenvalue weighted by Gasteiger charge is 2.26. The maximum atomic E-state index is 12.4. The van der Waals surface area contributed by atoms with Crippen molar-refractivity contribution in [3.05, 3.63) is 35.3 Å². The Labute approximate surface area is 122 Å². The second kappa shape index (κ2) is 5.58. The van der Waals surface area contributed by atoms with Gasteiger partial charge >= 0.3 is 6.09 Å². The molecule has 0 saturated carbocycles. The van der Waals surface area contributed by atoms with Gasteiger partial charge in [-0.3, -0.25) is 0 Å². The van der Waals surface area contributed by atoms with Crippen molar-refractivity contribution in [2.45, 2.75) is 33.3 Å². The van der Waals surface area contributed by atoms with Crippen molar-refractivity contribution >= 4 is 28.2 Å². The van der Waals surface area contributed by atoms with E-state index in [1.54, 1.807) is 5.51 Å². The van der Waals surface area contributed by atoms with Crippen LogP contribution in [0, 0.1) is 6.92 Å². The van der Waals surface area contributed by atoms with Crippen LogP contribution >= 0.6 is 11.3 Å². The molecule has 0 aliphatic rings. The van der Waals surface area contributed by atoms with Crippen LogP contribution in [-0.2, 0) is 4.74 Å². The Kier molecular flexibility index (Phi) is 4.04. The van der Waals surface area contributed by atoms with E-state index in [2.05, 4.69) is 10.2 Å². The van der Waals surface area contributed by atoms with Crippen LogP contribution in [0.1, 0.15) is 26.3 Å². The summed E-state index contributed by atoms with van der Waals surface area (Å²) in [6.07, 6.45) is -0.460. The largest absolute Gasteiger partial charge is 0.443 e. The number of anilines is 2. The molecule has 0 aliphatic heterocycles. The van der Waals surface area contributed by atoms with Gasteiger partial charge in [0.15, 0.2) is 0 Å². The number of aromatic nitrogens is 2. The van der Waals surface area contributed by atoms with Crippen molar-refractivity contribution in [2.24, 2.45) is 0 Å². The second-order valence-corrected chi connectivity index (χ2v) is 6.18. The highest BCUT2D eigenvalue weighted by atomic mass is 32.1. The van der Waals surface area contributed by atoms with E-state index in [0.29, 0.717) is 10.8 Å². The lowest BCUT2D eigenvalue weighted by molar-refractivity contribution is 0.0599. The minimum absolute atomic E-state index is 0.460. The molecule has 1 aromatic heterocycles. The molecule has 0 fully saturated rings. The lowest BCUT2D eigenvalue weighted by atomic mass is 10.2. The minimum atomic E-state index is -0.565. The average Bonchev–Trinajstić information content (AvgIpc) is 2.83. The monoisotopic (exact) mass is 291 g/mol. The van der Waals surface area contributed by atoms with Crippen molar-refractivity contribution in [3.63, 3.8) is 0 Å². The molecule has 1 aromatic carbocycles. The fourth-order valence-corrected chi connectivity index (χ4v) is 2.13. The third-order valence-corrected chi connectivity index (χ3v) is 3.08. The Morgan fingerprint density at radius 2 is 1.90 bits per heavy atom. The summed E-state index contributed by atoms with van der Waals surface area (Å²) < 4.78 is 5.43. The molecule has 0 radical (unpaired) electrons. The van der Waals surface area contributed by atoms with Crippen LogP contribution < -0.4 is 4.90 Å². The smallest absolute Gasteiger partial charge is 0.421 e. The van der Waals surface area contributed by atoms with Gasteiger partial charge in [-0.05, 0) is 39.8 Å². The molecule has 1 amide bonds. The van der Waals surface area contributed by atoms with E-state index in [1.807, 2.05) is 52.0 Å². The van der Waals surface area contributed by atoms with Crippen molar-refractivity contribution in [2.75, 3.05) is 4.90 Å². The molecule has 0 N–H and O–H groups in total. The zero-order valence-electron chi connectivity index (χ0n) is 12.0. The summed E-state index contributed by atoms with van der Waals surface area (Å²) in [5.41, 5.74) is 2.85. The number of carbonyl (C=O) groups excluding carboxylic acids is 1. The van der Waals surface area contributed by atoms with Crippen molar-refractivity contribution < 1.29 is 9.53 Å². The first-order chi connectivity index (χ1) is 9.37. The summed E-state index contributed by atoms with van der Waals surface area (Å²) in [4.78, 5) is 13.8. The maximum absolute atomic E-state index is 12.4. The molecule has 0 bridgehead atoms. The number of aryl methyl sites for hydroxylation is 1. The second-order valence-electron chi connectivity index (χ2n) is 5.37. The number of nitrogens with zero attached hydrogens (tertiary/aromatic N) is 3. The SMILES string of the molecule is Cc1ccc(N(C(=O)OC(C)(C)C)c2nncs2)cc1. The highest BCUT2D eigenvalue weighted by Crippen LogP contribution is 2.28. The molecule has 0 unspecified atom stereocenters. The Balaban J connectivity index is 2.35. The van der Waals surface area contributed by atoms with Crippen molar-refractivity contribution in [3.8, 4) is 0 Å². The first-order valence-corrected chi connectivity index (χ1v) is 7.11. The first-order valence-electron chi connectivity index (χ1n) is 6.23. The van der Waals surface area contributed by atoms with E-state index in [9.17, 15) is 4.79 Å². The summed E-state index contributed by atoms with van der Waals surface area (Å²) in [5, 5.41) is 8.23. The van der Waals surface area contributed by atoms with Gasteiger partial charge < -0.3 is 4.74 Å². The van der Waals surface area contributed by atoms with E-state index in [-0.39, 0.29) is 0 Å². The Hall–Kier alpha value is -1.95. The topological polar surface area (TPSA) is 55.3 Å². The number of hydrogen-bond donors (Lipinski definition) is 0. The van der Waals surface area contributed by atoms with Gasteiger partial charge in [-0.1, -0.05) is 29.0 Å². The predicted octanol–water partition coefficient (Wildman–Crippen LogP) is 3.92. The van der Waals surface area contributed by atoms with Crippen LogP contribution in [0.2, 0.25) is 0 Å². The summed E-state index contributed by atoms with van der Waals surface area (Å²) in [6, 6.07) is 7.60. The first kappa shape index (κ1) is 14.5. The van der Waals surface area contributed by atoms with Crippen LogP contribution in [0.3, 0.4) is 0 Å². The molecule has 2 aromatic rings. The van der Waals surface area contributed by atoms with E-state index >= 15 is 0 Å². The van der Waals surface area contributed by atoms with Gasteiger partial charge in [-0.15, -0.1) is 10.2 Å². The van der Waals surface area contributed by atoms with Gasteiger partial charge in [0.2, 0.25) is 5.13 Å². The summed E-state index contributed by atoms with van der Waals surface area (Å²) >= 11 is 1.29. The lowest BCUT2D eigenvalue weighted by Crippen LogP contribution is -2.33. The van der Waals surface area contributed by atoms with Gasteiger partial charge in [-0.2, -0.15) is 0 Å². The molecule has 20 heavy (non-hydrogen) atoms.